The number of nitrogens with two attached hydrogens (primary N) is 1. The van der Waals surface area contributed by atoms with Crippen LogP contribution in [0.3, 0.4) is 0 Å². The number of rotatable bonds is 2. The molecule has 0 aliphatic carbocycles. The summed E-state index contributed by atoms with van der Waals surface area (Å²) in [6, 6.07) is 0. The molecule has 1 fully saturated rings. The van der Waals surface area contributed by atoms with Gasteiger partial charge < -0.3 is 10.5 Å². The highest BCUT2D eigenvalue weighted by Crippen LogP contribution is 2.12. The lowest BCUT2D eigenvalue weighted by Crippen LogP contribution is -2.44. The van der Waals surface area contributed by atoms with Crippen LogP contribution in [0.2, 0.25) is 0 Å². The number of hydrogen-bond donors (Lipinski definition) is 1. The highest BCUT2D eigenvalue weighted by Gasteiger charge is 2.22. The highest BCUT2D eigenvalue weighted by molar-refractivity contribution is 5.22. The van der Waals surface area contributed by atoms with E-state index < -0.39 is 0 Å². The molecule has 1 aliphatic rings. The fourth-order valence-corrected chi connectivity index (χ4v) is 2.09. The molecule has 16 heavy (non-hydrogen) atoms. The van der Waals surface area contributed by atoms with Gasteiger partial charge in [0.15, 0.2) is 0 Å². The summed E-state index contributed by atoms with van der Waals surface area (Å²) in [5, 5.41) is 0. The number of nitrogen functional groups attached to an aromatic ring is 1. The summed E-state index contributed by atoms with van der Waals surface area (Å²) in [6.45, 7) is 6.88. The smallest absolute Gasteiger partial charge is 0.141 e. The van der Waals surface area contributed by atoms with Crippen molar-refractivity contribution in [1.82, 2.24) is 14.9 Å². The van der Waals surface area contributed by atoms with Crippen LogP contribution in [0.1, 0.15) is 19.5 Å². The summed E-state index contributed by atoms with van der Waals surface area (Å²) in [5.41, 5.74) is 6.45. The topological polar surface area (TPSA) is 64.3 Å². The molecule has 1 saturated heterocycles. The lowest BCUT2D eigenvalue weighted by atomic mass is 10.2. The SMILES string of the molecule is C[C@@H]1CN(Cc2cnc(N)cn2)C[C@H](C)O1. The van der Waals surface area contributed by atoms with E-state index in [1.54, 1.807) is 12.4 Å². The number of ether oxygens (including phenoxy) is 1. The van der Waals surface area contributed by atoms with Gasteiger partial charge in [0.1, 0.15) is 5.82 Å². The maximum atomic E-state index is 5.68. The van der Waals surface area contributed by atoms with E-state index in [2.05, 4.69) is 28.7 Å². The average molecular weight is 222 g/mol. The summed E-state index contributed by atoms with van der Waals surface area (Å²) in [7, 11) is 0. The van der Waals surface area contributed by atoms with Crippen molar-refractivity contribution in [3.8, 4) is 0 Å². The van der Waals surface area contributed by atoms with Gasteiger partial charge in [0.05, 0.1) is 30.3 Å². The van der Waals surface area contributed by atoms with Crippen molar-refractivity contribution >= 4 is 5.82 Å². The van der Waals surface area contributed by atoms with E-state index in [0.29, 0.717) is 5.82 Å². The predicted octanol–water partition coefficient (Wildman–Crippen LogP) is 0.668. The van der Waals surface area contributed by atoms with E-state index in [1.165, 1.54) is 0 Å². The third-order valence-corrected chi connectivity index (χ3v) is 2.61. The number of anilines is 1. The second-order valence-electron chi connectivity index (χ2n) is 4.38. The molecule has 5 heteroatoms. The first-order valence-electron chi connectivity index (χ1n) is 5.57. The Labute approximate surface area is 95.6 Å². The van der Waals surface area contributed by atoms with E-state index >= 15 is 0 Å². The Morgan fingerprint density at radius 2 is 2.00 bits per heavy atom. The molecular formula is C11H18N4O. The second-order valence-corrected chi connectivity index (χ2v) is 4.38. The van der Waals surface area contributed by atoms with Crippen LogP contribution < -0.4 is 5.73 Å². The van der Waals surface area contributed by atoms with Crippen molar-refractivity contribution in [3.05, 3.63) is 18.1 Å². The lowest BCUT2D eigenvalue weighted by molar-refractivity contribution is -0.0707. The van der Waals surface area contributed by atoms with Crippen LogP contribution in [0.25, 0.3) is 0 Å². The van der Waals surface area contributed by atoms with Crippen molar-refractivity contribution in [2.75, 3.05) is 18.8 Å². The van der Waals surface area contributed by atoms with Crippen molar-refractivity contribution in [2.24, 2.45) is 0 Å². The van der Waals surface area contributed by atoms with Crippen molar-refractivity contribution in [3.63, 3.8) is 0 Å². The van der Waals surface area contributed by atoms with Crippen LogP contribution in [0.4, 0.5) is 5.82 Å². The van der Waals surface area contributed by atoms with Gasteiger partial charge in [-0.1, -0.05) is 0 Å². The summed E-state index contributed by atoms with van der Waals surface area (Å²) in [6.07, 6.45) is 3.90. The van der Waals surface area contributed by atoms with Crippen molar-refractivity contribution < 1.29 is 4.74 Å². The molecule has 2 rings (SSSR count). The Hall–Kier alpha value is -1.20. The van der Waals surface area contributed by atoms with E-state index in [-0.39, 0.29) is 12.2 Å². The molecule has 0 spiro atoms. The average Bonchev–Trinajstić information content (AvgIpc) is 2.20. The molecule has 0 amide bonds. The van der Waals surface area contributed by atoms with Crippen molar-refractivity contribution in [1.29, 1.82) is 0 Å². The van der Waals surface area contributed by atoms with Crippen LogP contribution in [0.5, 0.6) is 0 Å². The van der Waals surface area contributed by atoms with Gasteiger partial charge in [-0.15, -0.1) is 0 Å². The van der Waals surface area contributed by atoms with Crippen molar-refractivity contribution in [2.45, 2.75) is 32.6 Å². The first-order chi connectivity index (χ1) is 7.63. The highest BCUT2D eigenvalue weighted by atomic mass is 16.5. The Balaban J connectivity index is 1.96. The van der Waals surface area contributed by atoms with Gasteiger partial charge >= 0.3 is 0 Å². The molecule has 2 heterocycles. The van der Waals surface area contributed by atoms with Crippen LogP contribution >= 0.6 is 0 Å². The van der Waals surface area contributed by atoms with Gasteiger partial charge in [0.2, 0.25) is 0 Å². The quantitative estimate of drug-likeness (QED) is 0.796. The minimum absolute atomic E-state index is 0.283. The maximum absolute atomic E-state index is 5.68. The Morgan fingerprint density at radius 1 is 1.31 bits per heavy atom. The van der Waals surface area contributed by atoms with Gasteiger partial charge in [-0.05, 0) is 13.8 Å². The van der Waals surface area contributed by atoms with Gasteiger partial charge in [-0.3, -0.25) is 9.88 Å². The first-order valence-corrected chi connectivity index (χ1v) is 5.57. The maximum Gasteiger partial charge on any atom is 0.141 e. The summed E-state index contributed by atoms with van der Waals surface area (Å²) in [5.74, 6) is 0.465. The second kappa shape index (κ2) is 4.76. The summed E-state index contributed by atoms with van der Waals surface area (Å²) in [4.78, 5) is 10.6. The molecule has 0 unspecified atom stereocenters. The molecule has 2 atom stereocenters. The largest absolute Gasteiger partial charge is 0.382 e. The Bertz CT molecular complexity index is 330. The molecule has 1 aromatic rings. The minimum atomic E-state index is 0.283. The predicted molar refractivity (Wildman–Crippen MR) is 61.7 cm³/mol. The number of morpholine rings is 1. The molecule has 0 radical (unpaired) electrons. The van der Waals surface area contributed by atoms with Crippen LogP contribution in [-0.2, 0) is 11.3 Å². The monoisotopic (exact) mass is 222 g/mol. The zero-order chi connectivity index (χ0) is 11.5. The zero-order valence-electron chi connectivity index (χ0n) is 9.76. The number of nitrogens with zero attached hydrogens (tertiary/aromatic N) is 3. The summed E-state index contributed by atoms with van der Waals surface area (Å²) < 4.78 is 5.68. The molecular weight excluding hydrogens is 204 g/mol. The van der Waals surface area contributed by atoms with Gasteiger partial charge in [0.25, 0.3) is 0 Å². The fourth-order valence-electron chi connectivity index (χ4n) is 2.09. The first kappa shape index (κ1) is 11.3. The van der Waals surface area contributed by atoms with Gasteiger partial charge in [0, 0.05) is 19.6 Å². The van der Waals surface area contributed by atoms with Gasteiger partial charge in [-0.2, -0.15) is 0 Å². The molecule has 5 nitrogen and oxygen atoms in total. The lowest BCUT2D eigenvalue weighted by Gasteiger charge is -2.34. The molecule has 2 N–H and O–H groups in total. The Morgan fingerprint density at radius 3 is 2.56 bits per heavy atom. The molecule has 88 valence electrons. The van der Waals surface area contributed by atoms with Gasteiger partial charge in [-0.25, -0.2) is 4.98 Å². The van der Waals surface area contributed by atoms with E-state index in [0.717, 1.165) is 25.3 Å². The van der Waals surface area contributed by atoms with Crippen LogP contribution in [-0.4, -0.2) is 40.2 Å². The standard InChI is InChI=1S/C11H18N4O/c1-8-5-15(6-9(2)16-8)7-10-3-14-11(12)4-13-10/h3-4,8-9H,5-7H2,1-2H3,(H2,12,14)/t8-,9+. The zero-order valence-corrected chi connectivity index (χ0v) is 9.76. The minimum Gasteiger partial charge on any atom is -0.382 e. The van der Waals surface area contributed by atoms with E-state index in [4.69, 9.17) is 10.5 Å². The number of aromatic nitrogens is 2. The van der Waals surface area contributed by atoms with E-state index in [1.807, 2.05) is 0 Å². The third-order valence-electron chi connectivity index (χ3n) is 2.61. The van der Waals surface area contributed by atoms with E-state index in [9.17, 15) is 0 Å². The summed E-state index contributed by atoms with van der Waals surface area (Å²) >= 11 is 0. The van der Waals surface area contributed by atoms with Crippen LogP contribution in [0.15, 0.2) is 12.4 Å². The molecule has 0 bridgehead atoms. The molecule has 1 aliphatic heterocycles. The number of hydrogen-bond acceptors (Lipinski definition) is 5. The van der Waals surface area contributed by atoms with Crippen LogP contribution in [0, 0.1) is 0 Å². The third kappa shape index (κ3) is 2.90. The Kier molecular flexibility index (Phi) is 3.36. The molecule has 0 aromatic carbocycles. The fraction of sp³-hybridized carbons (Fsp3) is 0.636. The molecule has 1 aromatic heterocycles. The molecule has 0 saturated carbocycles. The normalized spacial score (nSPS) is 26.9.